The average molecular weight is 418 g/mol. The highest BCUT2D eigenvalue weighted by atomic mass is 16.2. The standard InChI is InChI=1S/C24H27N5O2/c1-28-21-7-3-2-6-17(21)18-15-29(13-10-22(18)28)12-5-4-11-25-23(30)16-8-9-19-20(14-16)27-24(31)26-19/h2-3,6-9,14H,4-5,10-13,15H2,1H3,(H,25,30)(H2,26,27,31). The number of rotatable bonds is 6. The van der Waals surface area contributed by atoms with E-state index >= 15 is 0 Å². The normalized spacial score (nSPS) is 14.2. The predicted molar refractivity (Wildman–Crippen MR) is 122 cm³/mol. The van der Waals surface area contributed by atoms with Crippen LogP contribution < -0.4 is 11.0 Å². The second-order valence-electron chi connectivity index (χ2n) is 8.33. The molecular weight excluding hydrogens is 390 g/mol. The lowest BCUT2D eigenvalue weighted by Crippen LogP contribution is -2.32. The monoisotopic (exact) mass is 417 g/mol. The van der Waals surface area contributed by atoms with Crippen LogP contribution in [0.15, 0.2) is 47.3 Å². The van der Waals surface area contributed by atoms with E-state index in [0.29, 0.717) is 23.1 Å². The van der Waals surface area contributed by atoms with Gasteiger partial charge in [0.15, 0.2) is 0 Å². The van der Waals surface area contributed by atoms with Crippen LogP contribution in [0.5, 0.6) is 0 Å². The summed E-state index contributed by atoms with van der Waals surface area (Å²) in [4.78, 5) is 31.7. The summed E-state index contributed by atoms with van der Waals surface area (Å²) >= 11 is 0. The summed E-state index contributed by atoms with van der Waals surface area (Å²) in [5.74, 6) is -0.109. The van der Waals surface area contributed by atoms with E-state index in [-0.39, 0.29) is 11.6 Å². The molecule has 7 nitrogen and oxygen atoms in total. The van der Waals surface area contributed by atoms with Crippen LogP contribution >= 0.6 is 0 Å². The Morgan fingerprint density at radius 3 is 2.84 bits per heavy atom. The van der Waals surface area contributed by atoms with Gasteiger partial charge >= 0.3 is 5.69 Å². The predicted octanol–water partition coefficient (Wildman–Crippen LogP) is 2.92. The molecule has 1 amide bonds. The van der Waals surface area contributed by atoms with Crippen molar-refractivity contribution in [1.82, 2.24) is 24.8 Å². The Bertz CT molecular complexity index is 1310. The third-order valence-electron chi connectivity index (χ3n) is 6.36. The quantitative estimate of drug-likeness (QED) is 0.422. The van der Waals surface area contributed by atoms with Crippen LogP contribution in [0, 0.1) is 0 Å². The van der Waals surface area contributed by atoms with E-state index in [0.717, 1.165) is 38.9 Å². The Balaban J connectivity index is 1.11. The largest absolute Gasteiger partial charge is 0.352 e. The molecule has 160 valence electrons. The van der Waals surface area contributed by atoms with Crippen molar-refractivity contribution in [3.63, 3.8) is 0 Å². The van der Waals surface area contributed by atoms with Crippen LogP contribution in [0.25, 0.3) is 21.9 Å². The lowest BCUT2D eigenvalue weighted by molar-refractivity contribution is 0.0952. The zero-order chi connectivity index (χ0) is 21.4. The Kier molecular flexibility index (Phi) is 5.11. The van der Waals surface area contributed by atoms with Gasteiger partial charge in [0.1, 0.15) is 0 Å². The third kappa shape index (κ3) is 3.77. The summed E-state index contributed by atoms with van der Waals surface area (Å²) in [7, 11) is 2.17. The number of carbonyl (C=O) groups excluding carboxylic acids is 1. The number of aromatic nitrogens is 3. The summed E-state index contributed by atoms with van der Waals surface area (Å²) in [6.07, 6.45) is 3.07. The molecule has 0 atom stereocenters. The van der Waals surface area contributed by atoms with Crippen LogP contribution in [0.3, 0.4) is 0 Å². The van der Waals surface area contributed by atoms with Crippen molar-refractivity contribution < 1.29 is 4.79 Å². The number of imidazole rings is 1. The first-order chi connectivity index (χ1) is 15.1. The number of para-hydroxylation sites is 1. The summed E-state index contributed by atoms with van der Waals surface area (Å²) in [5.41, 5.74) is 5.90. The van der Waals surface area contributed by atoms with E-state index in [9.17, 15) is 9.59 Å². The molecule has 2 aromatic heterocycles. The Labute approximate surface area is 180 Å². The smallest absolute Gasteiger partial charge is 0.323 e. The molecule has 4 aromatic rings. The minimum atomic E-state index is -0.263. The van der Waals surface area contributed by atoms with Crippen molar-refractivity contribution in [2.75, 3.05) is 19.6 Å². The summed E-state index contributed by atoms with van der Waals surface area (Å²) in [5, 5.41) is 4.36. The van der Waals surface area contributed by atoms with E-state index in [1.54, 1.807) is 18.2 Å². The first kappa shape index (κ1) is 19.6. The number of aryl methyl sites for hydroxylation is 1. The van der Waals surface area contributed by atoms with Gasteiger partial charge in [0.25, 0.3) is 5.91 Å². The highest BCUT2D eigenvalue weighted by Gasteiger charge is 2.22. The van der Waals surface area contributed by atoms with E-state index < -0.39 is 0 Å². The number of aromatic amines is 2. The molecule has 0 saturated heterocycles. The molecule has 2 aromatic carbocycles. The van der Waals surface area contributed by atoms with E-state index in [4.69, 9.17) is 0 Å². The van der Waals surface area contributed by atoms with Crippen LogP contribution in [-0.4, -0.2) is 45.0 Å². The maximum atomic E-state index is 12.4. The lowest BCUT2D eigenvalue weighted by Gasteiger charge is -2.27. The van der Waals surface area contributed by atoms with Crippen LogP contribution in [0.4, 0.5) is 0 Å². The molecule has 1 aliphatic heterocycles. The van der Waals surface area contributed by atoms with Crippen LogP contribution in [-0.2, 0) is 20.0 Å². The van der Waals surface area contributed by atoms with Gasteiger partial charge in [-0.2, -0.15) is 0 Å². The Morgan fingerprint density at radius 2 is 1.94 bits per heavy atom. The minimum absolute atomic E-state index is 0.109. The minimum Gasteiger partial charge on any atom is -0.352 e. The van der Waals surface area contributed by atoms with Gasteiger partial charge in [-0.1, -0.05) is 18.2 Å². The van der Waals surface area contributed by atoms with E-state index in [1.807, 2.05) is 0 Å². The summed E-state index contributed by atoms with van der Waals surface area (Å²) < 4.78 is 2.35. The number of amides is 1. The number of carbonyl (C=O) groups is 1. The second kappa shape index (κ2) is 8.07. The third-order valence-corrected chi connectivity index (χ3v) is 6.36. The van der Waals surface area contributed by atoms with Gasteiger partial charge in [-0.3, -0.25) is 9.69 Å². The number of nitrogens with zero attached hydrogens (tertiary/aromatic N) is 2. The molecule has 1 aliphatic rings. The molecule has 5 rings (SSSR count). The molecule has 31 heavy (non-hydrogen) atoms. The van der Waals surface area contributed by atoms with E-state index in [1.165, 1.54) is 22.2 Å². The van der Waals surface area contributed by atoms with Gasteiger partial charge in [-0.15, -0.1) is 0 Å². The molecule has 3 N–H and O–H groups in total. The number of unbranched alkanes of at least 4 members (excludes halogenated alkanes) is 1. The topological polar surface area (TPSA) is 85.9 Å². The molecule has 0 saturated carbocycles. The fourth-order valence-corrected chi connectivity index (χ4v) is 4.72. The van der Waals surface area contributed by atoms with Gasteiger partial charge < -0.3 is 19.9 Å². The SMILES string of the molecule is Cn1c2c(c3ccccc31)CN(CCCCNC(=O)c1ccc3[nH]c(=O)[nH]c3c1)CC2. The molecular formula is C24H27N5O2. The van der Waals surface area contributed by atoms with Crippen molar-refractivity contribution in [3.8, 4) is 0 Å². The van der Waals surface area contributed by atoms with Gasteiger partial charge in [-0.05, 0) is 49.2 Å². The molecule has 0 aliphatic carbocycles. The maximum Gasteiger partial charge on any atom is 0.323 e. The maximum absolute atomic E-state index is 12.4. The summed E-state index contributed by atoms with van der Waals surface area (Å²) in [6, 6.07) is 13.8. The van der Waals surface area contributed by atoms with E-state index in [2.05, 4.69) is 56.1 Å². The zero-order valence-electron chi connectivity index (χ0n) is 17.7. The molecule has 7 heteroatoms. The number of benzene rings is 2. The van der Waals surface area contributed by atoms with Gasteiger partial charge in [0.2, 0.25) is 0 Å². The number of hydrogen-bond donors (Lipinski definition) is 3. The molecule has 0 radical (unpaired) electrons. The van der Waals surface area contributed by atoms with Crippen molar-refractivity contribution >= 4 is 27.8 Å². The van der Waals surface area contributed by atoms with Crippen molar-refractivity contribution in [2.24, 2.45) is 7.05 Å². The first-order valence-corrected chi connectivity index (χ1v) is 10.9. The number of H-pyrrole nitrogens is 2. The second-order valence-corrected chi connectivity index (χ2v) is 8.33. The Morgan fingerprint density at radius 1 is 1.10 bits per heavy atom. The van der Waals surface area contributed by atoms with Crippen molar-refractivity contribution in [1.29, 1.82) is 0 Å². The van der Waals surface area contributed by atoms with Crippen LogP contribution in [0.1, 0.15) is 34.5 Å². The Hall–Kier alpha value is -3.32. The number of nitrogens with one attached hydrogen (secondary N) is 3. The summed E-state index contributed by atoms with van der Waals surface area (Å²) in [6.45, 7) is 3.76. The molecule has 0 fully saturated rings. The van der Waals surface area contributed by atoms with Gasteiger partial charge in [-0.25, -0.2) is 4.79 Å². The molecule has 0 unspecified atom stereocenters. The van der Waals surface area contributed by atoms with Crippen LogP contribution in [0.2, 0.25) is 0 Å². The molecule has 0 spiro atoms. The highest BCUT2D eigenvalue weighted by molar-refractivity contribution is 5.97. The first-order valence-electron chi connectivity index (χ1n) is 10.9. The van der Waals surface area contributed by atoms with Gasteiger partial charge in [0.05, 0.1) is 11.0 Å². The number of hydrogen-bond acceptors (Lipinski definition) is 3. The fourth-order valence-electron chi connectivity index (χ4n) is 4.72. The zero-order valence-corrected chi connectivity index (χ0v) is 17.7. The average Bonchev–Trinajstić information content (AvgIpc) is 3.29. The lowest BCUT2D eigenvalue weighted by atomic mass is 10.0. The van der Waals surface area contributed by atoms with Gasteiger partial charge in [0, 0.05) is 55.3 Å². The fraction of sp³-hybridized carbons (Fsp3) is 0.333. The highest BCUT2D eigenvalue weighted by Crippen LogP contribution is 2.30. The van der Waals surface area contributed by atoms with Crippen molar-refractivity contribution in [2.45, 2.75) is 25.8 Å². The van der Waals surface area contributed by atoms with Crippen molar-refractivity contribution in [3.05, 3.63) is 69.8 Å². The molecule has 3 heterocycles. The molecule has 0 bridgehead atoms. The number of fused-ring (bicyclic) bond motifs is 4.